The number of benzene rings is 1. The van der Waals surface area contributed by atoms with Crippen molar-refractivity contribution < 1.29 is 19.0 Å². The molecule has 0 saturated heterocycles. The van der Waals surface area contributed by atoms with Gasteiger partial charge in [-0.05, 0) is 45.7 Å². The maximum atomic E-state index is 13.0. The third-order valence-electron chi connectivity index (χ3n) is 5.23. The Labute approximate surface area is 222 Å². The molecule has 0 aliphatic carbocycles. The highest BCUT2D eigenvalue weighted by molar-refractivity contribution is 7.99. The van der Waals surface area contributed by atoms with E-state index in [1.54, 1.807) is 34.8 Å². The fourth-order valence-corrected chi connectivity index (χ4v) is 4.33. The summed E-state index contributed by atoms with van der Waals surface area (Å²) in [6.07, 6.45) is 3.81. The zero-order valence-electron chi connectivity index (χ0n) is 22.4. The van der Waals surface area contributed by atoms with Crippen LogP contribution in [0.25, 0.3) is 11.0 Å². The first kappa shape index (κ1) is 28.4. The standard InChI is InChI=1S/C26H38N6O4S/c1-6-11-27-23-19-17-29-32(24(19)31-26(30-23)37-14-7-2)13-12-28-25(33)18-15-20(34-8-3)22(36-10-5)21(16-18)35-9-4/h15-17H,6-14H2,1-5H3,(H,28,33)(H,27,30,31). The van der Waals surface area contributed by atoms with Gasteiger partial charge in [0.1, 0.15) is 5.82 Å². The van der Waals surface area contributed by atoms with Crippen molar-refractivity contribution in [2.24, 2.45) is 0 Å². The summed E-state index contributed by atoms with van der Waals surface area (Å²) in [5.74, 6) is 2.98. The van der Waals surface area contributed by atoms with Gasteiger partial charge in [0.25, 0.3) is 5.91 Å². The Morgan fingerprint density at radius 1 is 0.946 bits per heavy atom. The van der Waals surface area contributed by atoms with Crippen LogP contribution in [-0.2, 0) is 6.54 Å². The van der Waals surface area contributed by atoms with Crippen molar-refractivity contribution in [1.29, 1.82) is 0 Å². The molecule has 0 radical (unpaired) electrons. The number of anilines is 1. The third-order valence-corrected chi connectivity index (χ3v) is 6.29. The summed E-state index contributed by atoms with van der Waals surface area (Å²) < 4.78 is 19.0. The van der Waals surface area contributed by atoms with Gasteiger partial charge < -0.3 is 24.8 Å². The molecule has 10 nitrogen and oxygen atoms in total. The Morgan fingerprint density at radius 3 is 2.27 bits per heavy atom. The summed E-state index contributed by atoms with van der Waals surface area (Å²) in [6.45, 7) is 12.9. The topological polar surface area (TPSA) is 112 Å². The molecule has 11 heteroatoms. The van der Waals surface area contributed by atoms with Crippen LogP contribution in [-0.4, -0.2) is 64.3 Å². The average Bonchev–Trinajstić information content (AvgIpc) is 3.30. The number of amides is 1. The zero-order valence-corrected chi connectivity index (χ0v) is 23.2. The first-order valence-electron chi connectivity index (χ1n) is 13.0. The van der Waals surface area contributed by atoms with Crippen molar-refractivity contribution in [3.63, 3.8) is 0 Å². The third kappa shape index (κ3) is 7.41. The zero-order chi connectivity index (χ0) is 26.6. The number of fused-ring (bicyclic) bond motifs is 1. The van der Waals surface area contributed by atoms with E-state index in [1.807, 2.05) is 20.8 Å². The maximum Gasteiger partial charge on any atom is 0.251 e. The first-order valence-corrected chi connectivity index (χ1v) is 14.0. The highest BCUT2D eigenvalue weighted by Gasteiger charge is 2.19. The molecule has 37 heavy (non-hydrogen) atoms. The molecule has 0 aliphatic rings. The second-order valence-corrected chi connectivity index (χ2v) is 9.15. The Hall–Kier alpha value is -3.21. The Morgan fingerprint density at radius 2 is 1.65 bits per heavy atom. The lowest BCUT2D eigenvalue weighted by Crippen LogP contribution is -2.27. The van der Waals surface area contributed by atoms with Crippen molar-refractivity contribution in [3.8, 4) is 17.2 Å². The van der Waals surface area contributed by atoms with E-state index < -0.39 is 0 Å². The molecule has 2 heterocycles. The lowest BCUT2D eigenvalue weighted by atomic mass is 10.1. The van der Waals surface area contributed by atoms with Crippen LogP contribution in [0.4, 0.5) is 5.82 Å². The van der Waals surface area contributed by atoms with Gasteiger partial charge in [0.05, 0.1) is 37.9 Å². The highest BCUT2D eigenvalue weighted by atomic mass is 32.2. The van der Waals surface area contributed by atoms with Gasteiger partial charge >= 0.3 is 0 Å². The maximum absolute atomic E-state index is 13.0. The molecule has 1 amide bonds. The fraction of sp³-hybridized carbons (Fsp3) is 0.538. The first-order chi connectivity index (χ1) is 18.1. The fourth-order valence-electron chi connectivity index (χ4n) is 3.63. The molecule has 0 aliphatic heterocycles. The van der Waals surface area contributed by atoms with Crippen molar-refractivity contribution in [3.05, 3.63) is 23.9 Å². The van der Waals surface area contributed by atoms with Gasteiger partial charge in [0.15, 0.2) is 22.3 Å². The number of nitrogens with one attached hydrogen (secondary N) is 2. The summed E-state index contributed by atoms with van der Waals surface area (Å²) >= 11 is 1.63. The number of hydrogen-bond donors (Lipinski definition) is 2. The van der Waals surface area contributed by atoms with Gasteiger partial charge in [-0.15, -0.1) is 0 Å². The number of nitrogens with zero attached hydrogens (tertiary/aromatic N) is 4. The minimum absolute atomic E-state index is 0.236. The van der Waals surface area contributed by atoms with Gasteiger partial charge in [0.2, 0.25) is 5.75 Å². The van der Waals surface area contributed by atoms with E-state index in [0.29, 0.717) is 55.7 Å². The summed E-state index contributed by atoms with van der Waals surface area (Å²) in [7, 11) is 0. The van der Waals surface area contributed by atoms with Crippen molar-refractivity contribution in [1.82, 2.24) is 25.1 Å². The molecule has 0 fully saturated rings. The minimum atomic E-state index is -0.236. The van der Waals surface area contributed by atoms with Gasteiger partial charge in [-0.25, -0.2) is 14.6 Å². The molecule has 0 spiro atoms. The van der Waals surface area contributed by atoms with Gasteiger partial charge in [-0.2, -0.15) is 5.10 Å². The average molecular weight is 531 g/mol. The van der Waals surface area contributed by atoms with Crippen LogP contribution in [0.1, 0.15) is 57.8 Å². The smallest absolute Gasteiger partial charge is 0.251 e. The summed E-state index contributed by atoms with van der Waals surface area (Å²) in [4.78, 5) is 22.5. The van der Waals surface area contributed by atoms with E-state index in [4.69, 9.17) is 19.2 Å². The van der Waals surface area contributed by atoms with Crippen molar-refractivity contribution in [2.75, 3.05) is 44.0 Å². The lowest BCUT2D eigenvalue weighted by molar-refractivity contribution is 0.0951. The SMILES string of the molecule is CCCNc1nc(SCCC)nc2c1cnn2CCNC(=O)c1cc(OCC)c(OCC)c(OCC)c1. The number of thioether (sulfide) groups is 1. The summed E-state index contributed by atoms with van der Waals surface area (Å²) in [6, 6.07) is 3.37. The van der Waals surface area contributed by atoms with Crippen LogP contribution in [0.5, 0.6) is 17.2 Å². The molecule has 3 rings (SSSR count). The van der Waals surface area contributed by atoms with E-state index in [9.17, 15) is 4.79 Å². The van der Waals surface area contributed by atoms with Crippen LogP contribution < -0.4 is 24.8 Å². The molecule has 202 valence electrons. The monoisotopic (exact) mass is 530 g/mol. The van der Waals surface area contributed by atoms with Gasteiger partial charge in [0, 0.05) is 24.4 Å². The van der Waals surface area contributed by atoms with Crippen LogP contribution >= 0.6 is 11.8 Å². The molecule has 0 saturated carbocycles. The lowest BCUT2D eigenvalue weighted by Gasteiger charge is -2.17. The van der Waals surface area contributed by atoms with E-state index >= 15 is 0 Å². The number of carbonyl (C=O) groups excluding carboxylic acids is 1. The van der Waals surface area contributed by atoms with E-state index in [2.05, 4.69) is 34.6 Å². The molecule has 0 bridgehead atoms. The van der Waals surface area contributed by atoms with Crippen LogP contribution in [0.15, 0.2) is 23.5 Å². The highest BCUT2D eigenvalue weighted by Crippen LogP contribution is 2.39. The summed E-state index contributed by atoms with van der Waals surface area (Å²) in [5, 5.41) is 12.5. The quantitative estimate of drug-likeness (QED) is 0.200. The van der Waals surface area contributed by atoms with Crippen LogP contribution in [0.2, 0.25) is 0 Å². The molecule has 0 atom stereocenters. The molecular weight excluding hydrogens is 492 g/mol. The van der Waals surface area contributed by atoms with Crippen molar-refractivity contribution in [2.45, 2.75) is 59.2 Å². The number of hydrogen-bond acceptors (Lipinski definition) is 9. The van der Waals surface area contributed by atoms with E-state index in [1.165, 1.54) is 0 Å². The van der Waals surface area contributed by atoms with E-state index in [0.717, 1.165) is 47.1 Å². The predicted molar refractivity (Wildman–Crippen MR) is 147 cm³/mol. The number of carbonyl (C=O) groups is 1. The Bertz CT molecular complexity index is 1140. The molecule has 2 N–H and O–H groups in total. The molecule has 0 unspecified atom stereocenters. The van der Waals surface area contributed by atoms with Gasteiger partial charge in [-0.3, -0.25) is 4.79 Å². The molecular formula is C26H38N6O4S. The second-order valence-electron chi connectivity index (χ2n) is 8.09. The minimum Gasteiger partial charge on any atom is -0.490 e. The largest absolute Gasteiger partial charge is 0.490 e. The van der Waals surface area contributed by atoms with Crippen LogP contribution in [0, 0.1) is 0 Å². The molecule has 3 aromatic rings. The Kier molecular flexibility index (Phi) is 11.1. The molecule has 1 aromatic carbocycles. The Balaban J connectivity index is 1.77. The second kappa shape index (κ2) is 14.5. The van der Waals surface area contributed by atoms with Crippen molar-refractivity contribution >= 4 is 34.5 Å². The molecule has 2 aromatic heterocycles. The number of rotatable bonds is 16. The van der Waals surface area contributed by atoms with E-state index in [-0.39, 0.29) is 5.91 Å². The summed E-state index contributed by atoms with van der Waals surface area (Å²) in [5.41, 5.74) is 1.19. The normalized spacial score (nSPS) is 10.9. The number of ether oxygens (including phenoxy) is 3. The van der Waals surface area contributed by atoms with Gasteiger partial charge in [-0.1, -0.05) is 25.6 Å². The van der Waals surface area contributed by atoms with Crippen LogP contribution in [0.3, 0.4) is 0 Å². The number of aromatic nitrogens is 4. The predicted octanol–water partition coefficient (Wildman–Crippen LogP) is 4.78.